The van der Waals surface area contributed by atoms with Gasteiger partial charge in [-0.1, -0.05) is 29.8 Å². The first kappa shape index (κ1) is 19.2. The van der Waals surface area contributed by atoms with Crippen LogP contribution in [-0.4, -0.2) is 31.5 Å². The van der Waals surface area contributed by atoms with E-state index in [0.717, 1.165) is 5.56 Å². The third-order valence-electron chi connectivity index (χ3n) is 4.69. The Kier molecular flexibility index (Phi) is 4.46. The molecule has 2 N–H and O–H groups in total. The molecule has 3 rings (SSSR count). The third kappa shape index (κ3) is 3.16. The van der Waals surface area contributed by atoms with Crippen LogP contribution in [0.3, 0.4) is 0 Å². The molecule has 0 saturated carbocycles. The van der Waals surface area contributed by atoms with Crippen molar-refractivity contribution in [3.8, 4) is 11.1 Å². The van der Waals surface area contributed by atoms with Gasteiger partial charge in [-0.2, -0.15) is 0 Å². The summed E-state index contributed by atoms with van der Waals surface area (Å²) in [6, 6.07) is 6.83. The van der Waals surface area contributed by atoms with Gasteiger partial charge in [0.1, 0.15) is 5.82 Å². The van der Waals surface area contributed by atoms with Crippen molar-refractivity contribution < 1.29 is 21.6 Å². The van der Waals surface area contributed by atoms with Gasteiger partial charge in [0.25, 0.3) is 0 Å². The maximum Gasteiger partial charge on any atom is 0.239 e. The molecule has 0 unspecified atom stereocenters. The number of rotatable bonds is 2. The number of aryl methyl sites for hydroxylation is 1. The Morgan fingerprint density at radius 1 is 1.15 bits per heavy atom. The summed E-state index contributed by atoms with van der Waals surface area (Å²) in [4.78, 5) is 0. The predicted octanol–water partition coefficient (Wildman–Crippen LogP) is 3.09. The number of nitrogens with one attached hydrogen (secondary N) is 2. The van der Waals surface area contributed by atoms with Gasteiger partial charge in [0.2, 0.25) is 16.0 Å². The lowest BCUT2D eigenvalue weighted by atomic mass is 9.89. The first-order chi connectivity index (χ1) is 12.5. The maximum absolute atomic E-state index is 15.3. The van der Waals surface area contributed by atoms with Crippen molar-refractivity contribution in [3.63, 3.8) is 0 Å². The summed E-state index contributed by atoms with van der Waals surface area (Å²) in [6.07, 6.45) is 0. The topological polar surface area (TPSA) is 73.3 Å². The molecule has 5 nitrogen and oxygen atoms in total. The summed E-state index contributed by atoms with van der Waals surface area (Å²) in [5.74, 6) is -4.82. The van der Waals surface area contributed by atoms with E-state index in [2.05, 4.69) is 5.32 Å². The highest BCUT2D eigenvalue weighted by atomic mass is 32.2. The monoisotopic (exact) mass is 397 g/mol. The number of benzene rings is 2. The fourth-order valence-corrected chi connectivity index (χ4v) is 4.58. The Labute approximate surface area is 155 Å². The average Bonchev–Trinajstić information content (AvgIpc) is 2.57. The first-order valence-corrected chi connectivity index (χ1v) is 9.65. The molecule has 0 aromatic heterocycles. The van der Waals surface area contributed by atoms with Crippen LogP contribution < -0.4 is 5.32 Å². The van der Waals surface area contributed by atoms with Crippen LogP contribution in [-0.2, 0) is 15.6 Å². The van der Waals surface area contributed by atoms with Crippen molar-refractivity contribution in [1.29, 1.82) is 5.41 Å². The number of hydrogen-bond donors (Lipinski definition) is 2. The summed E-state index contributed by atoms with van der Waals surface area (Å²) >= 11 is 0. The van der Waals surface area contributed by atoms with Crippen LogP contribution in [0.5, 0.6) is 0 Å². The summed E-state index contributed by atoms with van der Waals surface area (Å²) in [6.45, 7) is 3.13. The van der Waals surface area contributed by atoms with Crippen LogP contribution in [0.25, 0.3) is 11.1 Å². The minimum Gasteiger partial charge on any atom is -0.345 e. The molecule has 1 saturated heterocycles. The fraction of sp³-hybridized carbons (Fsp3) is 0.278. The molecule has 0 amide bonds. The molecule has 0 bridgehead atoms. The lowest BCUT2D eigenvalue weighted by Gasteiger charge is -2.40. The fourth-order valence-electron chi connectivity index (χ4n) is 3.10. The Hall–Kier alpha value is -2.55. The van der Waals surface area contributed by atoms with Gasteiger partial charge in [0.05, 0.1) is 16.9 Å². The number of nitrogens with zero attached hydrogens (tertiary/aromatic N) is 1. The summed E-state index contributed by atoms with van der Waals surface area (Å²) in [5, 5.41) is 10.4. The van der Waals surface area contributed by atoms with Crippen LogP contribution in [0.1, 0.15) is 18.1 Å². The standard InChI is InChI=1S/C18H18F3N3O2S/c1-10-4-6-11(7-5-10)14-15(20)12(8-13(19)16(14)21)18(2)9-27(25,26)24(3)17(22)23-18/h4-8H,9H2,1-3H3,(H2,22,23)/t18-/m0/s1. The highest BCUT2D eigenvalue weighted by molar-refractivity contribution is 7.89. The van der Waals surface area contributed by atoms with E-state index in [4.69, 9.17) is 5.41 Å². The molecule has 1 atom stereocenters. The van der Waals surface area contributed by atoms with Crippen molar-refractivity contribution in [2.45, 2.75) is 19.4 Å². The van der Waals surface area contributed by atoms with Crippen molar-refractivity contribution >= 4 is 16.0 Å². The molecular weight excluding hydrogens is 379 g/mol. The lowest BCUT2D eigenvalue weighted by Crippen LogP contribution is -2.61. The van der Waals surface area contributed by atoms with Crippen molar-refractivity contribution in [1.82, 2.24) is 9.62 Å². The summed E-state index contributed by atoms with van der Waals surface area (Å²) < 4.78 is 69.3. The zero-order chi connectivity index (χ0) is 20.1. The largest absolute Gasteiger partial charge is 0.345 e. The number of guanidine groups is 1. The minimum atomic E-state index is -3.93. The van der Waals surface area contributed by atoms with Crippen LogP contribution >= 0.6 is 0 Å². The van der Waals surface area contributed by atoms with Crippen LogP contribution in [0, 0.1) is 29.8 Å². The number of halogens is 3. The Morgan fingerprint density at radius 2 is 1.74 bits per heavy atom. The van der Waals surface area contributed by atoms with Crippen LogP contribution in [0.4, 0.5) is 13.2 Å². The molecular formula is C18H18F3N3O2S. The Morgan fingerprint density at radius 3 is 2.30 bits per heavy atom. The average molecular weight is 397 g/mol. The summed E-state index contributed by atoms with van der Waals surface area (Å²) in [7, 11) is -2.74. The molecule has 144 valence electrons. The van der Waals surface area contributed by atoms with Gasteiger partial charge < -0.3 is 5.32 Å². The van der Waals surface area contributed by atoms with E-state index in [9.17, 15) is 17.2 Å². The van der Waals surface area contributed by atoms with E-state index in [0.29, 0.717) is 10.4 Å². The molecule has 1 heterocycles. The second-order valence-electron chi connectivity index (χ2n) is 6.80. The second kappa shape index (κ2) is 6.26. The van der Waals surface area contributed by atoms with Crippen molar-refractivity contribution in [2.75, 3.05) is 12.8 Å². The molecule has 9 heteroatoms. The molecule has 0 spiro atoms. The smallest absolute Gasteiger partial charge is 0.239 e. The van der Waals surface area contributed by atoms with E-state index in [1.807, 2.05) is 0 Å². The molecule has 0 radical (unpaired) electrons. The van der Waals surface area contributed by atoms with Gasteiger partial charge in [-0.05, 0) is 25.5 Å². The minimum absolute atomic E-state index is 0.130. The van der Waals surface area contributed by atoms with Crippen molar-refractivity contribution in [2.24, 2.45) is 0 Å². The van der Waals surface area contributed by atoms with Gasteiger partial charge in [-0.25, -0.2) is 25.9 Å². The van der Waals surface area contributed by atoms with Gasteiger partial charge in [0.15, 0.2) is 11.6 Å². The number of hydrogen-bond acceptors (Lipinski definition) is 3. The SMILES string of the molecule is Cc1ccc(-c2c(F)c(F)cc([C@]3(C)CS(=O)(=O)N(C)C(=N)N3)c2F)cc1. The van der Waals surface area contributed by atoms with E-state index in [1.54, 1.807) is 19.1 Å². The lowest BCUT2D eigenvalue weighted by molar-refractivity contribution is 0.396. The normalized spacial score (nSPS) is 21.9. The van der Waals surface area contributed by atoms with E-state index in [1.165, 1.54) is 26.1 Å². The van der Waals surface area contributed by atoms with Gasteiger partial charge in [-0.3, -0.25) is 5.41 Å². The molecule has 1 aliphatic rings. The molecule has 1 aliphatic heterocycles. The Bertz CT molecular complexity index is 1040. The molecule has 1 fully saturated rings. The zero-order valence-corrected chi connectivity index (χ0v) is 15.7. The van der Waals surface area contributed by atoms with E-state index in [-0.39, 0.29) is 11.1 Å². The molecule has 0 aliphatic carbocycles. The molecule has 2 aromatic rings. The second-order valence-corrected chi connectivity index (χ2v) is 8.80. The molecule has 27 heavy (non-hydrogen) atoms. The quantitative estimate of drug-likeness (QED) is 0.765. The van der Waals surface area contributed by atoms with Gasteiger partial charge >= 0.3 is 0 Å². The van der Waals surface area contributed by atoms with Gasteiger partial charge in [0, 0.05) is 12.6 Å². The van der Waals surface area contributed by atoms with Gasteiger partial charge in [-0.15, -0.1) is 0 Å². The highest BCUT2D eigenvalue weighted by Crippen LogP contribution is 2.37. The highest BCUT2D eigenvalue weighted by Gasteiger charge is 2.44. The first-order valence-electron chi connectivity index (χ1n) is 8.04. The third-order valence-corrected chi connectivity index (χ3v) is 6.65. The summed E-state index contributed by atoms with van der Waals surface area (Å²) in [5.41, 5.74) is -1.58. The predicted molar refractivity (Wildman–Crippen MR) is 96.3 cm³/mol. The van der Waals surface area contributed by atoms with E-state index >= 15 is 4.39 Å². The van der Waals surface area contributed by atoms with Crippen LogP contribution in [0.15, 0.2) is 30.3 Å². The molecule has 2 aromatic carbocycles. The Balaban J connectivity index is 2.23. The van der Waals surface area contributed by atoms with Crippen LogP contribution in [0.2, 0.25) is 0 Å². The zero-order valence-electron chi connectivity index (χ0n) is 14.9. The van der Waals surface area contributed by atoms with E-state index < -0.39 is 50.3 Å². The number of sulfonamides is 1. The maximum atomic E-state index is 15.3. The van der Waals surface area contributed by atoms with Crippen molar-refractivity contribution in [3.05, 3.63) is 58.9 Å².